The van der Waals surface area contributed by atoms with Crippen LogP contribution < -0.4 is 10.6 Å². The summed E-state index contributed by atoms with van der Waals surface area (Å²) in [7, 11) is 1.61. The van der Waals surface area contributed by atoms with Crippen LogP contribution in [0.1, 0.15) is 21.6 Å². The lowest BCUT2D eigenvalue weighted by atomic mass is 10.1. The molecule has 0 bridgehead atoms. The highest BCUT2D eigenvalue weighted by Crippen LogP contribution is 2.27. The molecule has 1 heterocycles. The number of carbonyl (C=O) groups is 2. The minimum atomic E-state index is -0.460. The summed E-state index contributed by atoms with van der Waals surface area (Å²) in [4.78, 5) is 34.3. The first-order chi connectivity index (χ1) is 14.5. The van der Waals surface area contributed by atoms with Crippen molar-refractivity contribution in [1.29, 1.82) is 5.26 Å². The number of hydrogen-bond acceptors (Lipinski definition) is 5. The molecular formula is C21H17ClN6O2. The van der Waals surface area contributed by atoms with Crippen molar-refractivity contribution in [2.45, 2.75) is 6.54 Å². The molecule has 0 aliphatic rings. The molecule has 0 fully saturated rings. The zero-order chi connectivity index (χ0) is 21.5. The second-order valence-electron chi connectivity index (χ2n) is 6.30. The van der Waals surface area contributed by atoms with Crippen molar-refractivity contribution in [1.82, 2.24) is 14.9 Å². The lowest BCUT2D eigenvalue weighted by Gasteiger charge is -2.20. The van der Waals surface area contributed by atoms with Crippen molar-refractivity contribution in [3.05, 3.63) is 82.9 Å². The zero-order valence-electron chi connectivity index (χ0n) is 16.0. The topological polar surface area (TPSA) is 111 Å². The molecule has 0 saturated carbocycles. The van der Waals surface area contributed by atoms with E-state index in [-0.39, 0.29) is 18.3 Å². The summed E-state index contributed by atoms with van der Waals surface area (Å²) in [5.41, 5.74) is 2.13. The normalized spacial score (nSPS) is 10.0. The summed E-state index contributed by atoms with van der Waals surface area (Å²) in [6, 6.07) is 13.4. The van der Waals surface area contributed by atoms with Crippen LogP contribution in [0.25, 0.3) is 0 Å². The number of nitrogens with one attached hydrogen (secondary N) is 2. The molecule has 0 aliphatic heterocycles. The summed E-state index contributed by atoms with van der Waals surface area (Å²) in [5.74, 6) is -0.460. The van der Waals surface area contributed by atoms with Crippen LogP contribution in [0.2, 0.25) is 5.02 Å². The summed E-state index contributed by atoms with van der Waals surface area (Å²) in [6.45, 7) is 0.181. The molecule has 0 aliphatic carbocycles. The first-order valence-corrected chi connectivity index (χ1v) is 9.22. The van der Waals surface area contributed by atoms with Gasteiger partial charge < -0.3 is 15.5 Å². The molecule has 0 unspecified atom stereocenters. The molecule has 9 heteroatoms. The van der Waals surface area contributed by atoms with Crippen molar-refractivity contribution >= 4 is 34.9 Å². The van der Waals surface area contributed by atoms with Gasteiger partial charge in [-0.15, -0.1) is 0 Å². The standard InChI is InChI=1S/C21H17ClN6O2/c1-28(21(30)26-16-6-2-4-14(10-16)11-23)13-15-5-3-7-17(22)19(15)27-20(29)18-12-24-8-9-25-18/h2-10,12H,13H2,1H3,(H,26,30)(H,27,29). The van der Waals surface area contributed by atoms with Crippen LogP contribution in [0.5, 0.6) is 0 Å². The fourth-order valence-electron chi connectivity index (χ4n) is 2.65. The Labute approximate surface area is 178 Å². The third-order valence-corrected chi connectivity index (χ3v) is 4.45. The quantitative estimate of drug-likeness (QED) is 0.649. The number of aromatic nitrogens is 2. The summed E-state index contributed by atoms with van der Waals surface area (Å²) in [5, 5.41) is 14.8. The largest absolute Gasteiger partial charge is 0.323 e. The lowest BCUT2D eigenvalue weighted by Crippen LogP contribution is -2.31. The van der Waals surface area contributed by atoms with Crippen molar-refractivity contribution < 1.29 is 9.59 Å². The predicted octanol–water partition coefficient (Wildman–Crippen LogP) is 3.92. The minimum Gasteiger partial charge on any atom is -0.323 e. The van der Waals surface area contributed by atoms with Crippen LogP contribution in [0.15, 0.2) is 61.1 Å². The summed E-state index contributed by atoms with van der Waals surface area (Å²) < 4.78 is 0. The molecular weight excluding hydrogens is 404 g/mol. The Kier molecular flexibility index (Phi) is 6.57. The molecule has 3 amide bonds. The van der Waals surface area contributed by atoms with Gasteiger partial charge in [0.25, 0.3) is 5.91 Å². The number of hydrogen-bond donors (Lipinski definition) is 2. The monoisotopic (exact) mass is 420 g/mol. The van der Waals surface area contributed by atoms with Gasteiger partial charge in [-0.2, -0.15) is 5.26 Å². The maximum absolute atomic E-state index is 12.5. The maximum Gasteiger partial charge on any atom is 0.321 e. The molecule has 0 radical (unpaired) electrons. The lowest BCUT2D eigenvalue weighted by molar-refractivity contribution is 0.102. The van der Waals surface area contributed by atoms with Crippen molar-refractivity contribution in [2.24, 2.45) is 0 Å². The molecule has 2 aromatic carbocycles. The Morgan fingerprint density at radius 1 is 1.17 bits per heavy atom. The minimum absolute atomic E-state index is 0.145. The molecule has 30 heavy (non-hydrogen) atoms. The molecule has 150 valence electrons. The first kappa shape index (κ1) is 20.8. The van der Waals surface area contributed by atoms with E-state index in [1.54, 1.807) is 49.5 Å². The van der Waals surface area contributed by atoms with Gasteiger partial charge in [0.2, 0.25) is 0 Å². The fraction of sp³-hybridized carbons (Fsp3) is 0.0952. The number of nitrogens with zero attached hydrogens (tertiary/aromatic N) is 4. The molecule has 2 N–H and O–H groups in total. The van der Waals surface area contributed by atoms with E-state index >= 15 is 0 Å². The van der Waals surface area contributed by atoms with Crippen molar-refractivity contribution in [2.75, 3.05) is 17.7 Å². The fourth-order valence-corrected chi connectivity index (χ4v) is 2.89. The van der Waals surface area contributed by atoms with Crippen LogP contribution in [0.4, 0.5) is 16.2 Å². The average molecular weight is 421 g/mol. The van der Waals surface area contributed by atoms with Gasteiger partial charge in [0.05, 0.1) is 28.5 Å². The average Bonchev–Trinajstić information content (AvgIpc) is 2.76. The predicted molar refractivity (Wildman–Crippen MR) is 113 cm³/mol. The Balaban J connectivity index is 1.74. The Morgan fingerprint density at radius 2 is 1.97 bits per heavy atom. The number of halogens is 1. The van der Waals surface area contributed by atoms with Crippen LogP contribution in [-0.4, -0.2) is 33.9 Å². The van der Waals surface area contributed by atoms with Gasteiger partial charge in [0, 0.05) is 31.7 Å². The van der Waals surface area contributed by atoms with E-state index in [1.807, 2.05) is 6.07 Å². The molecule has 3 rings (SSSR count). The Bertz CT molecular complexity index is 1110. The molecule has 0 saturated heterocycles. The number of benzene rings is 2. The summed E-state index contributed by atoms with van der Waals surface area (Å²) in [6.07, 6.45) is 4.24. The highest BCUT2D eigenvalue weighted by atomic mass is 35.5. The number of nitriles is 1. The van der Waals surface area contributed by atoms with E-state index in [1.165, 1.54) is 23.5 Å². The number of anilines is 2. The van der Waals surface area contributed by atoms with Crippen molar-refractivity contribution in [3.63, 3.8) is 0 Å². The SMILES string of the molecule is CN(Cc1cccc(Cl)c1NC(=O)c1cnccn1)C(=O)Nc1cccc(C#N)c1. The highest BCUT2D eigenvalue weighted by molar-refractivity contribution is 6.34. The third-order valence-electron chi connectivity index (χ3n) is 4.13. The third kappa shape index (κ3) is 5.10. The molecule has 0 atom stereocenters. The van der Waals surface area contributed by atoms with Gasteiger partial charge in [-0.1, -0.05) is 29.8 Å². The van der Waals surface area contributed by atoms with Gasteiger partial charge in [-0.3, -0.25) is 9.78 Å². The number of amides is 3. The van der Waals surface area contributed by atoms with Gasteiger partial charge in [-0.05, 0) is 29.8 Å². The number of urea groups is 1. The number of carbonyl (C=O) groups excluding carboxylic acids is 2. The number of rotatable bonds is 5. The maximum atomic E-state index is 12.5. The smallest absolute Gasteiger partial charge is 0.321 e. The molecule has 8 nitrogen and oxygen atoms in total. The Hall–Kier alpha value is -3.96. The zero-order valence-corrected chi connectivity index (χ0v) is 16.7. The van der Waals surface area contributed by atoms with E-state index in [4.69, 9.17) is 16.9 Å². The van der Waals surface area contributed by atoms with Gasteiger partial charge >= 0.3 is 6.03 Å². The first-order valence-electron chi connectivity index (χ1n) is 8.85. The molecule has 3 aromatic rings. The van der Waals surface area contributed by atoms with Gasteiger partial charge in [0.1, 0.15) is 5.69 Å². The highest BCUT2D eigenvalue weighted by Gasteiger charge is 2.17. The molecule has 1 aromatic heterocycles. The van der Waals surface area contributed by atoms with Gasteiger partial charge in [-0.25, -0.2) is 9.78 Å². The van der Waals surface area contributed by atoms with E-state index in [0.717, 1.165) is 0 Å². The second kappa shape index (κ2) is 9.49. The van der Waals surface area contributed by atoms with Crippen LogP contribution >= 0.6 is 11.6 Å². The van der Waals surface area contributed by atoms with Crippen LogP contribution in [0, 0.1) is 11.3 Å². The van der Waals surface area contributed by atoms with Crippen LogP contribution in [-0.2, 0) is 6.54 Å². The summed E-state index contributed by atoms with van der Waals surface area (Å²) >= 11 is 6.29. The van der Waals surface area contributed by atoms with E-state index in [2.05, 4.69) is 20.6 Å². The van der Waals surface area contributed by atoms with E-state index in [0.29, 0.717) is 27.5 Å². The van der Waals surface area contributed by atoms with Gasteiger partial charge in [0.15, 0.2) is 0 Å². The van der Waals surface area contributed by atoms with Crippen molar-refractivity contribution in [3.8, 4) is 6.07 Å². The van der Waals surface area contributed by atoms with E-state index < -0.39 is 5.91 Å². The second-order valence-corrected chi connectivity index (χ2v) is 6.70. The number of para-hydroxylation sites is 1. The Morgan fingerprint density at radius 3 is 2.70 bits per heavy atom. The van der Waals surface area contributed by atoms with E-state index in [9.17, 15) is 9.59 Å². The van der Waals surface area contributed by atoms with Crippen LogP contribution in [0.3, 0.4) is 0 Å². The molecule has 0 spiro atoms.